The maximum absolute atomic E-state index is 11.2. The monoisotopic (exact) mass is 402 g/mol. The summed E-state index contributed by atoms with van der Waals surface area (Å²) in [7, 11) is 0. The molecule has 3 aromatic rings. The molecule has 0 amide bonds. The summed E-state index contributed by atoms with van der Waals surface area (Å²) >= 11 is 7.29. The lowest BCUT2D eigenvalue weighted by Crippen LogP contribution is -1.99. The third-order valence-electron chi connectivity index (χ3n) is 3.50. The fourth-order valence-corrected chi connectivity index (χ4v) is 3.07. The molecule has 0 fully saturated rings. The Morgan fingerprint density at radius 1 is 1.33 bits per heavy atom. The van der Waals surface area contributed by atoms with E-state index in [2.05, 4.69) is 15.5 Å². The Labute approximate surface area is 164 Å². The highest BCUT2D eigenvalue weighted by Gasteiger charge is 2.15. The molecule has 138 valence electrons. The number of anilines is 1. The predicted octanol–water partition coefficient (Wildman–Crippen LogP) is 5.22. The number of hydrazone groups is 1. The summed E-state index contributed by atoms with van der Waals surface area (Å²) in [6.07, 6.45) is 1.49. The van der Waals surface area contributed by atoms with Crippen LogP contribution < -0.4 is 10.2 Å². The van der Waals surface area contributed by atoms with Gasteiger partial charge in [0.1, 0.15) is 0 Å². The first kappa shape index (κ1) is 18.8. The minimum atomic E-state index is -0.477. The quantitative estimate of drug-likeness (QED) is 0.332. The van der Waals surface area contributed by atoms with Crippen molar-refractivity contribution in [1.29, 1.82) is 0 Å². The maximum Gasteiger partial charge on any atom is 0.311 e. The van der Waals surface area contributed by atoms with Crippen LogP contribution in [0.1, 0.15) is 12.5 Å². The van der Waals surface area contributed by atoms with E-state index < -0.39 is 4.92 Å². The average molecular weight is 403 g/mol. The second-order valence-corrected chi connectivity index (χ2v) is 6.63. The Balaban J connectivity index is 1.70. The summed E-state index contributed by atoms with van der Waals surface area (Å²) in [5, 5.41) is 18.4. The molecule has 0 bridgehead atoms. The van der Waals surface area contributed by atoms with Gasteiger partial charge in [-0.3, -0.25) is 15.5 Å². The van der Waals surface area contributed by atoms with Gasteiger partial charge in [-0.15, -0.1) is 11.3 Å². The Morgan fingerprint density at radius 3 is 2.81 bits per heavy atom. The van der Waals surface area contributed by atoms with Crippen molar-refractivity contribution in [3.05, 3.63) is 68.5 Å². The van der Waals surface area contributed by atoms with E-state index in [4.69, 9.17) is 16.3 Å². The number of nitrogens with one attached hydrogen (secondary N) is 1. The van der Waals surface area contributed by atoms with E-state index in [1.807, 2.05) is 17.5 Å². The third kappa shape index (κ3) is 4.81. The highest BCUT2D eigenvalue weighted by Crippen LogP contribution is 2.28. The molecule has 0 aliphatic heterocycles. The zero-order valence-corrected chi connectivity index (χ0v) is 15.8. The normalized spacial score (nSPS) is 10.9. The fourth-order valence-electron chi connectivity index (χ4n) is 2.28. The lowest BCUT2D eigenvalue weighted by molar-refractivity contribution is -0.385. The van der Waals surface area contributed by atoms with Crippen molar-refractivity contribution in [1.82, 2.24) is 4.98 Å². The van der Waals surface area contributed by atoms with Crippen LogP contribution in [0.15, 0.2) is 52.9 Å². The van der Waals surface area contributed by atoms with Crippen LogP contribution in [0.5, 0.6) is 5.75 Å². The van der Waals surface area contributed by atoms with Crippen molar-refractivity contribution in [2.75, 3.05) is 12.0 Å². The Hall–Kier alpha value is -2.97. The number of ether oxygens (including phenoxy) is 1. The molecule has 0 aliphatic carbocycles. The standard InChI is InChI=1S/C18H15ClN4O3S/c1-2-26-17-8-3-12(9-16(17)23(24)25)10-20-22-18-21-15(11-27-18)13-4-6-14(19)7-5-13/h3-11H,2H2,1H3,(H,21,22)/b20-10-. The largest absolute Gasteiger partial charge is 0.487 e. The van der Waals surface area contributed by atoms with Gasteiger partial charge in [-0.25, -0.2) is 4.98 Å². The van der Waals surface area contributed by atoms with Crippen LogP contribution in [0, 0.1) is 10.1 Å². The van der Waals surface area contributed by atoms with Gasteiger partial charge in [-0.2, -0.15) is 5.10 Å². The van der Waals surface area contributed by atoms with Gasteiger partial charge in [0.25, 0.3) is 0 Å². The summed E-state index contributed by atoms with van der Waals surface area (Å²) in [6, 6.07) is 12.1. The lowest BCUT2D eigenvalue weighted by atomic mass is 10.2. The van der Waals surface area contributed by atoms with E-state index in [0.29, 0.717) is 22.3 Å². The summed E-state index contributed by atoms with van der Waals surface area (Å²) in [5.41, 5.74) is 5.08. The number of halogens is 1. The number of benzene rings is 2. The molecule has 27 heavy (non-hydrogen) atoms. The van der Waals surface area contributed by atoms with E-state index in [0.717, 1.165) is 11.3 Å². The van der Waals surface area contributed by atoms with E-state index in [1.54, 1.807) is 31.2 Å². The molecule has 0 radical (unpaired) electrons. The number of rotatable bonds is 7. The number of thiazole rings is 1. The first-order chi connectivity index (χ1) is 13.1. The van der Waals surface area contributed by atoms with Crippen LogP contribution >= 0.6 is 22.9 Å². The molecule has 0 saturated heterocycles. The molecule has 0 spiro atoms. The van der Waals surface area contributed by atoms with E-state index in [9.17, 15) is 10.1 Å². The van der Waals surface area contributed by atoms with Gasteiger partial charge >= 0.3 is 5.69 Å². The van der Waals surface area contributed by atoms with Gasteiger partial charge in [0.05, 0.1) is 23.4 Å². The van der Waals surface area contributed by atoms with Crippen LogP contribution in [0.3, 0.4) is 0 Å². The molecule has 0 aliphatic rings. The highest BCUT2D eigenvalue weighted by molar-refractivity contribution is 7.14. The molecular formula is C18H15ClN4O3S. The number of hydrogen-bond donors (Lipinski definition) is 1. The minimum absolute atomic E-state index is 0.0972. The molecule has 7 nitrogen and oxygen atoms in total. The molecule has 0 atom stereocenters. The van der Waals surface area contributed by atoms with Crippen molar-refractivity contribution in [3.63, 3.8) is 0 Å². The number of nitro groups is 1. The van der Waals surface area contributed by atoms with Crippen molar-refractivity contribution < 1.29 is 9.66 Å². The molecule has 1 heterocycles. The van der Waals surface area contributed by atoms with Crippen LogP contribution in [-0.4, -0.2) is 22.7 Å². The van der Waals surface area contributed by atoms with Crippen LogP contribution in [0.4, 0.5) is 10.8 Å². The number of aromatic nitrogens is 1. The SMILES string of the molecule is CCOc1ccc(/C=N\Nc2nc(-c3ccc(Cl)cc3)cs2)cc1[N+](=O)[O-]. The molecule has 9 heteroatoms. The van der Waals surface area contributed by atoms with Gasteiger partial charge < -0.3 is 4.74 Å². The Morgan fingerprint density at radius 2 is 2.11 bits per heavy atom. The lowest BCUT2D eigenvalue weighted by Gasteiger charge is -2.04. The van der Waals surface area contributed by atoms with Crippen LogP contribution in [0.2, 0.25) is 5.02 Å². The van der Waals surface area contributed by atoms with Gasteiger partial charge in [0.2, 0.25) is 5.13 Å². The zero-order chi connectivity index (χ0) is 19.2. The first-order valence-electron chi connectivity index (χ1n) is 7.98. The number of hydrogen-bond acceptors (Lipinski definition) is 7. The van der Waals surface area contributed by atoms with Gasteiger partial charge in [0, 0.05) is 27.6 Å². The molecular weight excluding hydrogens is 388 g/mol. The van der Waals surface area contributed by atoms with Crippen molar-refractivity contribution in [3.8, 4) is 17.0 Å². The predicted molar refractivity (Wildman–Crippen MR) is 108 cm³/mol. The Kier molecular flexibility index (Phi) is 6.00. The number of nitro benzene ring substituents is 1. The van der Waals surface area contributed by atoms with E-state index >= 15 is 0 Å². The summed E-state index contributed by atoms with van der Waals surface area (Å²) in [5.74, 6) is 0.236. The minimum Gasteiger partial charge on any atom is -0.487 e. The van der Waals surface area contributed by atoms with Crippen molar-refractivity contribution in [2.45, 2.75) is 6.92 Å². The first-order valence-corrected chi connectivity index (χ1v) is 9.24. The molecule has 1 N–H and O–H groups in total. The maximum atomic E-state index is 11.2. The molecule has 2 aromatic carbocycles. The van der Waals surface area contributed by atoms with Gasteiger partial charge in [-0.05, 0) is 31.2 Å². The van der Waals surface area contributed by atoms with Crippen LogP contribution in [0.25, 0.3) is 11.3 Å². The van der Waals surface area contributed by atoms with E-state index in [-0.39, 0.29) is 11.4 Å². The topological polar surface area (TPSA) is 89.7 Å². The van der Waals surface area contributed by atoms with E-state index in [1.165, 1.54) is 23.6 Å². The average Bonchev–Trinajstić information content (AvgIpc) is 3.12. The summed E-state index contributed by atoms with van der Waals surface area (Å²) < 4.78 is 5.26. The second-order valence-electron chi connectivity index (χ2n) is 5.33. The summed E-state index contributed by atoms with van der Waals surface area (Å²) in [4.78, 5) is 15.1. The summed E-state index contributed by atoms with van der Waals surface area (Å²) in [6.45, 7) is 2.13. The molecule has 0 unspecified atom stereocenters. The smallest absolute Gasteiger partial charge is 0.311 e. The van der Waals surface area contributed by atoms with Crippen molar-refractivity contribution >= 4 is 40.0 Å². The number of nitrogens with zero attached hydrogens (tertiary/aromatic N) is 3. The van der Waals surface area contributed by atoms with Gasteiger partial charge in [0.15, 0.2) is 5.75 Å². The molecule has 1 aromatic heterocycles. The zero-order valence-electron chi connectivity index (χ0n) is 14.3. The molecule has 3 rings (SSSR count). The van der Waals surface area contributed by atoms with Gasteiger partial charge in [-0.1, -0.05) is 23.7 Å². The highest BCUT2D eigenvalue weighted by atomic mass is 35.5. The third-order valence-corrected chi connectivity index (χ3v) is 4.50. The Bertz CT molecular complexity index is 973. The fraction of sp³-hybridized carbons (Fsp3) is 0.111. The van der Waals surface area contributed by atoms with Crippen molar-refractivity contribution in [2.24, 2.45) is 5.10 Å². The second kappa shape index (κ2) is 8.61. The van der Waals surface area contributed by atoms with Crippen LogP contribution in [-0.2, 0) is 0 Å². The molecule has 0 saturated carbocycles.